The number of ether oxygens (including phenoxy) is 5. The molecule has 0 aromatic rings. The summed E-state index contributed by atoms with van der Waals surface area (Å²) in [7, 11) is -21.3. The van der Waals surface area contributed by atoms with Gasteiger partial charge in [0.15, 0.2) is 86.9 Å². The summed E-state index contributed by atoms with van der Waals surface area (Å²) in [5, 5.41) is 2.50. The van der Waals surface area contributed by atoms with Crippen molar-refractivity contribution in [3.63, 3.8) is 0 Å². The number of alkyl halides is 3. The van der Waals surface area contributed by atoms with E-state index >= 15 is 22.8 Å². The highest BCUT2D eigenvalue weighted by molar-refractivity contribution is 6.77. The van der Waals surface area contributed by atoms with E-state index in [9.17, 15) is 4.79 Å². The number of nitrogens with one attached hydrogen (secondary N) is 1. The highest BCUT2D eigenvalue weighted by atomic mass is 28.4. The third kappa shape index (κ3) is 36.9. The topological polar surface area (TPSA) is 192 Å². The third-order valence-corrected chi connectivity index (χ3v) is 75.9. The highest BCUT2D eigenvalue weighted by Crippen LogP contribution is 2.48. The number of amides is 1. The van der Waals surface area contributed by atoms with Gasteiger partial charge in [-0.2, -0.15) is 13.2 Å². The molecule has 1 amide bonds. The molecule has 3 aliphatic heterocycles. The minimum absolute atomic E-state index is 0.0123. The number of fused-ring (bicyclic) bond motifs is 2. The summed E-state index contributed by atoms with van der Waals surface area (Å²) in [5.41, 5.74) is 0. The van der Waals surface area contributed by atoms with Crippen LogP contribution < -0.4 is 5.32 Å². The first-order valence-corrected chi connectivity index (χ1v) is 77.2. The first kappa shape index (κ1) is 127. The number of esters is 1. The SMILES string of the molecule is CC[Si](CC)(CC)O[C@@H]1CC[C@@H](O[Si](CC)(CC)CC)[C@H](O[Si](CC)(CC)CC)C[C@H](O[Si](CC)(CC)CC)C[C@]2(OC)C[C@H](O[Si](CC)(CC)CC)[C@@H](C(C)=O)[C@H](C[C@@H](O[C@@H]3O[C@H](C)[C@@H](O[Si](CC)(CC)CC)[C@H](NC(=O)C(F)(F)F)[C@@H]3O[Si](CC)(CC)CC)/C=C/C=C/C=C/C=C/C=C/C=C/C=C/[C@H](C)[C@@H](O[Si](CC)(CC)CC)[C@@H](C)[C@H](C)OC(=O)C[C@H](O[Si](CC)(CC)CC)C1)O2. The van der Waals surface area contributed by atoms with Gasteiger partial charge in [-0.25, -0.2) is 0 Å². The Morgan fingerprint density at radius 1 is 0.393 bits per heavy atom. The number of Topliss-reactive ketones (excluding diaryl/α,β-unsaturated/α-hetero) is 1. The van der Waals surface area contributed by atoms with Gasteiger partial charge in [-0.3, -0.25) is 14.4 Å². The van der Waals surface area contributed by atoms with Crippen LogP contribution in [-0.4, -0.2) is 203 Å². The number of rotatable bonds is 50. The molecule has 0 saturated carbocycles. The third-order valence-electron chi connectivity index (χ3n) is 33.8. The van der Waals surface area contributed by atoms with Crippen molar-refractivity contribution >= 4 is 92.5 Å². The Hall–Kier alpha value is -1.99. The van der Waals surface area contributed by atoms with Gasteiger partial charge in [-0.05, 0) is 216 Å². The minimum Gasteiger partial charge on any atom is -0.462 e. The molecule has 3 rings (SSSR count). The maximum Gasteiger partial charge on any atom is 0.471 e. The van der Waals surface area contributed by atoms with Crippen molar-refractivity contribution in [3.05, 3.63) is 85.1 Å². The van der Waals surface area contributed by atoms with Crippen molar-refractivity contribution in [2.75, 3.05) is 7.11 Å². The van der Waals surface area contributed by atoms with Gasteiger partial charge in [0.1, 0.15) is 18.0 Å². The lowest BCUT2D eigenvalue weighted by molar-refractivity contribution is -0.313. The molecule has 0 aromatic carbocycles. The molecule has 786 valence electrons. The Bertz CT molecular complexity index is 3450. The Morgan fingerprint density at radius 2 is 0.733 bits per heavy atom. The second-order valence-electron chi connectivity index (χ2n) is 39.9. The Balaban J connectivity index is 2.91. The van der Waals surface area contributed by atoms with Crippen molar-refractivity contribution in [3.8, 4) is 0 Å². The van der Waals surface area contributed by atoms with Crippen molar-refractivity contribution in [2.45, 2.75) is 540 Å². The number of allylic oxidation sites excluding steroid dienone is 12. The molecule has 135 heavy (non-hydrogen) atoms. The Morgan fingerprint density at radius 3 is 1.12 bits per heavy atom. The summed E-state index contributed by atoms with van der Waals surface area (Å²) in [6.07, 6.45) is 14.9. The highest BCUT2D eigenvalue weighted by Gasteiger charge is 2.58. The molecule has 0 aromatic heterocycles. The van der Waals surface area contributed by atoms with Gasteiger partial charge in [0.2, 0.25) is 0 Å². The van der Waals surface area contributed by atoms with Gasteiger partial charge in [0.25, 0.3) is 0 Å². The fraction of sp³-hybridized carbons (Fsp3) is 0.838. The van der Waals surface area contributed by atoms with Crippen LogP contribution in [0.5, 0.6) is 0 Å². The molecule has 0 spiro atoms. The van der Waals surface area contributed by atoms with Crippen LogP contribution in [0, 0.1) is 17.8 Å². The fourth-order valence-corrected chi connectivity index (χ4v) is 47.8. The standard InChI is InChI=1S/C105H202F3NO17Si9/c1-34-127(35-2,36-3)118-89-75-76-92(121-130(43-10,44-11)45-12)93(122-131(46-13,47-14)48-15)79-91(120-129(40-7,41-8)42-9)81-104(113-33)82-95(123-132(49-16,50-17)51-18)97(85(30)110)94(117-104)78-88(116-102-101(126-135(58-25,59-26)60-27)98(109-103(112)105(106,107)108)100(87(32)115-102)125-134(55-22,56-23)57-24)74-72-70-68-66-64-62-61-63-65-67-69-71-73-83(28)99(124-133(52-19,53-20)54-21)84(29)86(31)114-96(111)80-90(77-89)119-128(37-4,38-5)39-6/h61-74,83-84,86-95,97-102H,34-60,75-82H2,1-33H3,(H,109,112)/b62-61+,65-63+,66-64+,69-67+,70-68+,73-71+,74-72+/t83-,84-,86-,87+,88-,89+,90+,91-,92+,93+,94-,95-,97-,98-,99+,100+,101-,102-,104+/m0/s1. The van der Waals surface area contributed by atoms with E-state index in [4.69, 9.17) is 63.5 Å². The quantitative estimate of drug-likeness (QED) is 0.0446. The molecule has 1 N–H and O–H groups in total. The summed E-state index contributed by atoms with van der Waals surface area (Å²) < 4.78 is 153. The van der Waals surface area contributed by atoms with Crippen LogP contribution in [0.4, 0.5) is 13.2 Å². The zero-order valence-electron chi connectivity index (χ0n) is 91.8. The van der Waals surface area contributed by atoms with E-state index < -0.39 is 178 Å². The number of cyclic esters (lactones) is 1. The van der Waals surface area contributed by atoms with Gasteiger partial charge in [0, 0.05) is 38.4 Å². The molecule has 2 fully saturated rings. The van der Waals surface area contributed by atoms with E-state index in [-0.39, 0.29) is 61.5 Å². The van der Waals surface area contributed by atoms with Crippen LogP contribution in [0.15, 0.2) is 85.1 Å². The van der Waals surface area contributed by atoms with Crippen LogP contribution in [0.2, 0.25) is 163 Å². The van der Waals surface area contributed by atoms with E-state index in [2.05, 4.69) is 225 Å². The molecule has 0 unspecified atom stereocenters. The minimum atomic E-state index is -5.25. The molecule has 3 aliphatic rings. The normalized spacial score (nSPS) is 29.4. The van der Waals surface area contributed by atoms with Crippen LogP contribution in [0.1, 0.15) is 273 Å². The number of carbonyl (C=O) groups excluding carboxylic acids is 3. The zero-order valence-corrected chi connectivity index (χ0v) is 101. The maximum atomic E-state index is 15.5. The molecule has 30 heteroatoms. The van der Waals surface area contributed by atoms with Gasteiger partial charge in [-0.1, -0.05) is 286 Å². The summed E-state index contributed by atoms with van der Waals surface area (Å²) >= 11 is 0. The van der Waals surface area contributed by atoms with Gasteiger partial charge < -0.3 is 68.8 Å². The van der Waals surface area contributed by atoms with Crippen molar-refractivity contribution in [2.24, 2.45) is 17.8 Å². The van der Waals surface area contributed by atoms with Crippen LogP contribution in [0.3, 0.4) is 0 Å². The van der Waals surface area contributed by atoms with E-state index in [1.807, 2.05) is 72.9 Å². The first-order chi connectivity index (χ1) is 64.1. The average Bonchev–Trinajstić information content (AvgIpc) is 0.783. The Kier molecular flexibility index (Phi) is 58.5. The molecule has 2 bridgehead atoms. The molecule has 18 nitrogen and oxygen atoms in total. The van der Waals surface area contributed by atoms with E-state index in [0.717, 1.165) is 127 Å². The summed E-state index contributed by atoms with van der Waals surface area (Å²) in [4.78, 5) is 44.9. The maximum absolute atomic E-state index is 15.5. The number of carbonyl (C=O) groups is 3. The molecule has 0 radical (unpaired) electrons. The smallest absolute Gasteiger partial charge is 0.462 e. The van der Waals surface area contributed by atoms with E-state index in [1.54, 1.807) is 21.0 Å². The number of ketones is 1. The predicted molar refractivity (Wildman–Crippen MR) is 579 cm³/mol. The second-order valence-corrected chi connectivity index (χ2v) is 82.4. The van der Waals surface area contributed by atoms with Crippen molar-refractivity contribution in [1.29, 1.82) is 0 Å². The van der Waals surface area contributed by atoms with Gasteiger partial charge >= 0.3 is 18.1 Å². The Labute approximate surface area is 833 Å². The average molecular weight is 2060 g/mol. The predicted octanol–water partition coefficient (Wildman–Crippen LogP) is 29.9. The lowest BCUT2D eigenvalue weighted by Gasteiger charge is -2.52. The van der Waals surface area contributed by atoms with Crippen LogP contribution in [-0.2, 0) is 77.9 Å². The molecular formula is C105H202F3NO17Si9. The number of hydrogen-bond donors (Lipinski definition) is 1. The lowest BCUT2D eigenvalue weighted by atomic mass is 9.80. The fourth-order valence-electron chi connectivity index (χ4n) is 21.6. The van der Waals surface area contributed by atoms with E-state index in [0.29, 0.717) is 61.9 Å². The summed E-state index contributed by atoms with van der Waals surface area (Å²) in [6, 6.07) is 21.4. The molecule has 19 atom stereocenters. The second kappa shape index (κ2) is 62.1. The summed E-state index contributed by atoms with van der Waals surface area (Å²) in [6.45, 7) is 70.2. The van der Waals surface area contributed by atoms with Gasteiger partial charge in [0.05, 0.1) is 79.4 Å². The largest absolute Gasteiger partial charge is 0.471 e. The lowest BCUT2D eigenvalue weighted by Crippen LogP contribution is -2.69. The number of methoxy groups -OCH3 is 1. The number of hydrogen-bond acceptors (Lipinski definition) is 17. The molecular weight excluding hydrogens is 1860 g/mol. The van der Waals surface area contributed by atoms with Crippen molar-refractivity contribution < 1.29 is 91.1 Å². The molecule has 2 saturated heterocycles. The zero-order chi connectivity index (χ0) is 102. The molecule has 3 heterocycles. The summed E-state index contributed by atoms with van der Waals surface area (Å²) in [5.74, 6) is -5.01. The van der Waals surface area contributed by atoms with Crippen LogP contribution in [0.25, 0.3) is 0 Å². The molecule has 0 aliphatic carbocycles. The van der Waals surface area contributed by atoms with Gasteiger partial charge in [-0.15, -0.1) is 0 Å². The van der Waals surface area contributed by atoms with Crippen molar-refractivity contribution in [1.82, 2.24) is 5.32 Å². The first-order valence-electron chi connectivity index (χ1n) is 54.5. The van der Waals surface area contributed by atoms with Crippen LogP contribution >= 0.6 is 0 Å². The van der Waals surface area contributed by atoms with E-state index in [1.165, 1.54) is 0 Å². The monoisotopic (exact) mass is 2060 g/mol. The number of halogens is 3.